The standard InChI is InChI=1S/C32H39Cl2F2N3O2/c1-31(2,3)38-16-14-37(15-17-38)29(40)22-6-4-21(5-7-22)24-19-27(33)26(28(34)20-24)18-23-10-13-39(30(23)41)25-8-11-32(35,36)12-9-25/h4-7,19-20,23,25H,8-18H2,1-3H3/t23-/m0/s1. The van der Waals surface area contributed by atoms with Gasteiger partial charge >= 0.3 is 0 Å². The van der Waals surface area contributed by atoms with Crippen molar-refractivity contribution < 1.29 is 18.4 Å². The van der Waals surface area contributed by atoms with Crippen molar-refractivity contribution >= 4 is 35.0 Å². The lowest BCUT2D eigenvalue weighted by molar-refractivity contribution is -0.135. The summed E-state index contributed by atoms with van der Waals surface area (Å²) in [6.07, 6.45) is 1.47. The molecule has 0 bridgehead atoms. The number of halogens is 4. The minimum Gasteiger partial charge on any atom is -0.339 e. The molecule has 0 N–H and O–H groups in total. The average molecular weight is 607 g/mol. The van der Waals surface area contributed by atoms with Crippen LogP contribution in [0.4, 0.5) is 8.78 Å². The molecule has 1 aliphatic carbocycles. The Morgan fingerprint density at radius 2 is 1.49 bits per heavy atom. The predicted octanol–water partition coefficient (Wildman–Crippen LogP) is 7.19. The van der Waals surface area contributed by atoms with Gasteiger partial charge < -0.3 is 9.80 Å². The summed E-state index contributed by atoms with van der Waals surface area (Å²) in [6, 6.07) is 11.1. The van der Waals surface area contributed by atoms with Crippen molar-refractivity contribution in [3.05, 3.63) is 57.6 Å². The lowest BCUT2D eigenvalue weighted by Gasteiger charge is -2.42. The van der Waals surface area contributed by atoms with Gasteiger partial charge in [0, 0.05) is 78.7 Å². The molecule has 2 amide bonds. The molecule has 9 heteroatoms. The quantitative estimate of drug-likeness (QED) is 0.362. The van der Waals surface area contributed by atoms with Crippen LogP contribution >= 0.6 is 23.2 Å². The summed E-state index contributed by atoms with van der Waals surface area (Å²) in [6.45, 7) is 10.3. The highest BCUT2D eigenvalue weighted by Gasteiger charge is 2.42. The third kappa shape index (κ3) is 6.73. The van der Waals surface area contributed by atoms with Gasteiger partial charge in [-0.1, -0.05) is 35.3 Å². The minimum atomic E-state index is -2.61. The fourth-order valence-corrected chi connectivity index (χ4v) is 7.07. The zero-order valence-corrected chi connectivity index (χ0v) is 25.6. The van der Waals surface area contributed by atoms with E-state index in [0.717, 1.165) is 29.8 Å². The van der Waals surface area contributed by atoms with Gasteiger partial charge in [-0.05, 0) is 87.4 Å². The van der Waals surface area contributed by atoms with Crippen LogP contribution in [0.2, 0.25) is 10.0 Å². The lowest BCUT2D eigenvalue weighted by atomic mass is 9.91. The van der Waals surface area contributed by atoms with E-state index in [1.807, 2.05) is 41.3 Å². The van der Waals surface area contributed by atoms with Crippen LogP contribution in [-0.2, 0) is 11.2 Å². The third-order valence-electron chi connectivity index (χ3n) is 9.05. The molecule has 0 unspecified atom stereocenters. The topological polar surface area (TPSA) is 43.9 Å². The zero-order valence-electron chi connectivity index (χ0n) is 24.1. The molecular weight excluding hydrogens is 567 g/mol. The van der Waals surface area contributed by atoms with Crippen molar-refractivity contribution in [2.75, 3.05) is 32.7 Å². The van der Waals surface area contributed by atoms with Gasteiger partial charge in [-0.15, -0.1) is 0 Å². The number of nitrogens with zero attached hydrogens (tertiary/aromatic N) is 3. The Morgan fingerprint density at radius 1 is 0.902 bits per heavy atom. The highest BCUT2D eigenvalue weighted by molar-refractivity contribution is 6.36. The Morgan fingerprint density at radius 3 is 2.05 bits per heavy atom. The van der Waals surface area contributed by atoms with Crippen LogP contribution in [0.5, 0.6) is 0 Å². The Hall–Kier alpha value is -2.22. The minimum absolute atomic E-state index is 0.0106. The van der Waals surface area contributed by atoms with Gasteiger partial charge in [0.15, 0.2) is 0 Å². The predicted molar refractivity (Wildman–Crippen MR) is 160 cm³/mol. The van der Waals surface area contributed by atoms with Crippen molar-refractivity contribution in [1.29, 1.82) is 0 Å². The smallest absolute Gasteiger partial charge is 0.253 e. The van der Waals surface area contributed by atoms with Crippen LogP contribution < -0.4 is 0 Å². The van der Waals surface area contributed by atoms with Gasteiger partial charge in [0.1, 0.15) is 0 Å². The second-order valence-corrected chi connectivity index (χ2v) is 13.6. The molecule has 0 radical (unpaired) electrons. The molecule has 2 aliphatic heterocycles. The number of hydrogen-bond acceptors (Lipinski definition) is 3. The van der Waals surface area contributed by atoms with Gasteiger partial charge in [0.25, 0.3) is 5.91 Å². The van der Waals surface area contributed by atoms with E-state index in [1.165, 1.54) is 0 Å². The first-order valence-corrected chi connectivity index (χ1v) is 15.4. The maximum Gasteiger partial charge on any atom is 0.253 e. The number of alkyl halides is 2. The molecular formula is C32H39Cl2F2N3O2. The molecule has 41 heavy (non-hydrogen) atoms. The molecule has 0 spiro atoms. The third-order valence-corrected chi connectivity index (χ3v) is 9.72. The maximum absolute atomic E-state index is 13.6. The van der Waals surface area contributed by atoms with Crippen LogP contribution in [0.1, 0.15) is 68.8 Å². The second-order valence-electron chi connectivity index (χ2n) is 12.8. The normalized spacial score (nSPS) is 22.4. The van der Waals surface area contributed by atoms with E-state index < -0.39 is 5.92 Å². The first-order chi connectivity index (χ1) is 19.3. The number of carbonyl (C=O) groups excluding carboxylic acids is 2. The average Bonchev–Trinajstić information content (AvgIpc) is 3.29. The summed E-state index contributed by atoms with van der Waals surface area (Å²) in [5, 5.41) is 0.987. The number of likely N-dealkylation sites (tertiary alicyclic amines) is 1. The van der Waals surface area contributed by atoms with E-state index in [2.05, 4.69) is 25.7 Å². The largest absolute Gasteiger partial charge is 0.339 e. The van der Waals surface area contributed by atoms with Gasteiger partial charge in [-0.3, -0.25) is 14.5 Å². The summed E-state index contributed by atoms with van der Waals surface area (Å²) < 4.78 is 27.2. The monoisotopic (exact) mass is 605 g/mol. The summed E-state index contributed by atoms with van der Waals surface area (Å²) in [5.74, 6) is -2.82. The number of hydrogen-bond donors (Lipinski definition) is 0. The number of amides is 2. The number of carbonyl (C=O) groups is 2. The van der Waals surface area contributed by atoms with E-state index in [1.54, 1.807) is 4.90 Å². The number of piperazine rings is 1. The second kappa shape index (κ2) is 11.8. The first-order valence-electron chi connectivity index (χ1n) is 14.6. The van der Waals surface area contributed by atoms with Crippen LogP contribution in [-0.4, -0.2) is 76.7 Å². The van der Waals surface area contributed by atoms with Crippen molar-refractivity contribution in [2.45, 2.75) is 76.8 Å². The van der Waals surface area contributed by atoms with E-state index in [-0.39, 0.29) is 42.2 Å². The Balaban J connectivity index is 1.22. The molecule has 5 nitrogen and oxygen atoms in total. The zero-order chi connectivity index (χ0) is 29.5. The Kier molecular flexibility index (Phi) is 8.71. The molecule has 2 aromatic carbocycles. The lowest BCUT2D eigenvalue weighted by Crippen LogP contribution is -2.54. The fraction of sp³-hybridized carbons (Fsp3) is 0.562. The summed E-state index contributed by atoms with van der Waals surface area (Å²) in [4.78, 5) is 32.4. The van der Waals surface area contributed by atoms with Crippen molar-refractivity contribution in [2.24, 2.45) is 5.92 Å². The highest BCUT2D eigenvalue weighted by Crippen LogP contribution is 2.39. The SMILES string of the molecule is CC(C)(C)N1CCN(C(=O)c2ccc(-c3cc(Cl)c(C[C@@H]4CCN(C5CCC(F)(F)CC5)C4=O)c(Cl)c3)cc2)CC1. The molecule has 0 aromatic heterocycles. The molecule has 1 atom stereocenters. The molecule has 3 aliphatic rings. The van der Waals surface area contributed by atoms with Crippen LogP contribution in [0, 0.1) is 5.92 Å². The van der Waals surface area contributed by atoms with Crippen LogP contribution in [0.15, 0.2) is 36.4 Å². The first kappa shape index (κ1) is 30.2. The van der Waals surface area contributed by atoms with E-state index in [0.29, 0.717) is 60.9 Å². The Labute approximate surface area is 251 Å². The maximum atomic E-state index is 13.6. The summed E-state index contributed by atoms with van der Waals surface area (Å²) in [7, 11) is 0. The van der Waals surface area contributed by atoms with Gasteiger partial charge in [-0.2, -0.15) is 0 Å². The van der Waals surface area contributed by atoms with Crippen LogP contribution in [0.3, 0.4) is 0 Å². The Bertz CT molecular complexity index is 1250. The van der Waals surface area contributed by atoms with Gasteiger partial charge in [0.05, 0.1) is 0 Å². The van der Waals surface area contributed by atoms with Gasteiger partial charge in [0.2, 0.25) is 11.8 Å². The molecule has 5 rings (SSSR count). The van der Waals surface area contributed by atoms with Gasteiger partial charge in [-0.25, -0.2) is 8.78 Å². The van der Waals surface area contributed by atoms with E-state index >= 15 is 0 Å². The molecule has 2 saturated heterocycles. The fourth-order valence-electron chi connectivity index (χ4n) is 6.43. The van der Waals surface area contributed by atoms with Crippen molar-refractivity contribution in [3.8, 4) is 11.1 Å². The molecule has 222 valence electrons. The summed E-state index contributed by atoms with van der Waals surface area (Å²) in [5.41, 5.74) is 3.21. The number of rotatable bonds is 5. The molecule has 3 fully saturated rings. The summed E-state index contributed by atoms with van der Waals surface area (Å²) >= 11 is 13.4. The molecule has 1 saturated carbocycles. The van der Waals surface area contributed by atoms with Crippen LogP contribution in [0.25, 0.3) is 11.1 Å². The van der Waals surface area contributed by atoms with Crippen molar-refractivity contribution in [1.82, 2.24) is 14.7 Å². The number of benzene rings is 2. The molecule has 2 aromatic rings. The van der Waals surface area contributed by atoms with Crippen molar-refractivity contribution in [3.63, 3.8) is 0 Å². The highest BCUT2D eigenvalue weighted by atomic mass is 35.5. The van der Waals surface area contributed by atoms with E-state index in [9.17, 15) is 18.4 Å². The van der Waals surface area contributed by atoms with E-state index in [4.69, 9.17) is 23.2 Å². The molecule has 2 heterocycles.